The molecule has 1 rings (SSSR count). The summed E-state index contributed by atoms with van der Waals surface area (Å²) < 4.78 is 61.0. The third-order valence-corrected chi connectivity index (χ3v) is 3.54. The minimum Gasteiger partial charge on any atom is -0.282 e. The van der Waals surface area contributed by atoms with Crippen molar-refractivity contribution in [2.75, 3.05) is 10.5 Å². The average Bonchev–Trinajstić information content (AvgIpc) is 2.27. The van der Waals surface area contributed by atoms with Crippen LogP contribution in [-0.4, -0.2) is 20.3 Å². The number of sulfonamides is 1. The molecule has 1 aromatic rings. The molecule has 0 spiro atoms. The van der Waals surface area contributed by atoms with Crippen molar-refractivity contribution in [3.63, 3.8) is 0 Å². The van der Waals surface area contributed by atoms with Gasteiger partial charge in [0.25, 0.3) is 0 Å². The van der Waals surface area contributed by atoms with Crippen LogP contribution in [0.15, 0.2) is 24.3 Å². The molecule has 0 bridgehead atoms. The summed E-state index contributed by atoms with van der Waals surface area (Å²) in [7, 11) is -3.89. The molecular weight excluding hydrogens is 281 g/mol. The van der Waals surface area contributed by atoms with Crippen molar-refractivity contribution < 1.29 is 21.6 Å². The third kappa shape index (κ3) is 5.61. The van der Waals surface area contributed by atoms with E-state index in [1.807, 2.05) is 0 Å². The Morgan fingerprint density at radius 2 is 1.89 bits per heavy atom. The molecule has 1 aromatic carbocycles. The number of rotatable bonds is 5. The Hall–Kier alpha value is -1.75. The van der Waals surface area contributed by atoms with Crippen LogP contribution < -0.4 is 4.72 Å². The molecule has 0 saturated heterocycles. The van der Waals surface area contributed by atoms with Gasteiger partial charge >= 0.3 is 6.18 Å². The Labute approximate surface area is 108 Å². The molecular formula is C11H11F3N2O2S. The molecule has 0 heterocycles. The molecule has 19 heavy (non-hydrogen) atoms. The van der Waals surface area contributed by atoms with Crippen molar-refractivity contribution in [1.82, 2.24) is 0 Å². The van der Waals surface area contributed by atoms with Gasteiger partial charge in [-0.05, 0) is 18.6 Å². The van der Waals surface area contributed by atoms with Gasteiger partial charge < -0.3 is 0 Å². The number of benzene rings is 1. The Morgan fingerprint density at radius 1 is 1.26 bits per heavy atom. The highest BCUT2D eigenvalue weighted by Crippen LogP contribution is 2.22. The summed E-state index contributed by atoms with van der Waals surface area (Å²) in [5, 5.41) is 8.76. The van der Waals surface area contributed by atoms with Gasteiger partial charge in [-0.2, -0.15) is 18.4 Å². The maximum Gasteiger partial charge on any atom is 0.389 e. The maximum absolute atomic E-state index is 11.9. The lowest BCUT2D eigenvalue weighted by Crippen LogP contribution is -2.19. The molecule has 0 aliphatic carbocycles. The van der Waals surface area contributed by atoms with Crippen LogP contribution in [0.3, 0.4) is 0 Å². The minimum absolute atomic E-state index is 0.0667. The molecule has 0 aliphatic heterocycles. The van der Waals surface area contributed by atoms with Gasteiger partial charge in [-0.15, -0.1) is 0 Å². The zero-order chi connectivity index (χ0) is 14.5. The van der Waals surface area contributed by atoms with E-state index in [2.05, 4.69) is 4.72 Å². The lowest BCUT2D eigenvalue weighted by molar-refractivity contribution is -0.134. The number of anilines is 1. The van der Waals surface area contributed by atoms with Crippen molar-refractivity contribution in [3.8, 4) is 6.07 Å². The Morgan fingerprint density at radius 3 is 2.47 bits per heavy atom. The predicted octanol–water partition coefficient (Wildman–Crippen LogP) is 2.64. The molecule has 104 valence electrons. The zero-order valence-electron chi connectivity index (χ0n) is 9.74. The SMILES string of the molecule is N#Cc1ccccc1NS(=O)(=O)CCCC(F)(F)F. The largest absolute Gasteiger partial charge is 0.389 e. The van der Waals surface area contributed by atoms with Crippen molar-refractivity contribution in [2.45, 2.75) is 19.0 Å². The van der Waals surface area contributed by atoms with Crippen molar-refractivity contribution in [1.29, 1.82) is 5.26 Å². The van der Waals surface area contributed by atoms with Crippen LogP contribution in [0.25, 0.3) is 0 Å². The van der Waals surface area contributed by atoms with E-state index in [4.69, 9.17) is 5.26 Å². The van der Waals surface area contributed by atoms with Crippen LogP contribution in [0.4, 0.5) is 18.9 Å². The van der Waals surface area contributed by atoms with Crippen molar-refractivity contribution in [3.05, 3.63) is 29.8 Å². The second-order valence-electron chi connectivity index (χ2n) is 3.80. The van der Waals surface area contributed by atoms with E-state index in [1.165, 1.54) is 18.2 Å². The van der Waals surface area contributed by atoms with Gasteiger partial charge in [-0.1, -0.05) is 12.1 Å². The third-order valence-electron chi connectivity index (χ3n) is 2.19. The molecule has 0 radical (unpaired) electrons. The lowest BCUT2D eigenvalue weighted by atomic mass is 10.2. The predicted molar refractivity (Wildman–Crippen MR) is 63.9 cm³/mol. The monoisotopic (exact) mass is 292 g/mol. The van der Waals surface area contributed by atoms with E-state index in [1.54, 1.807) is 12.1 Å². The highest BCUT2D eigenvalue weighted by Gasteiger charge is 2.27. The second-order valence-corrected chi connectivity index (χ2v) is 5.64. The van der Waals surface area contributed by atoms with Crippen LogP contribution in [-0.2, 0) is 10.0 Å². The van der Waals surface area contributed by atoms with Crippen LogP contribution in [0.1, 0.15) is 18.4 Å². The van der Waals surface area contributed by atoms with Crippen LogP contribution in [0, 0.1) is 11.3 Å². The summed E-state index contributed by atoms with van der Waals surface area (Å²) in [6, 6.07) is 7.65. The molecule has 0 aromatic heterocycles. The van der Waals surface area contributed by atoms with Crippen LogP contribution in [0.5, 0.6) is 0 Å². The summed E-state index contributed by atoms with van der Waals surface area (Å²) in [6.07, 6.45) is -6.05. The Balaban J connectivity index is 2.68. The number of halogens is 3. The van der Waals surface area contributed by atoms with E-state index in [0.29, 0.717) is 0 Å². The van der Waals surface area contributed by atoms with E-state index in [9.17, 15) is 21.6 Å². The first kappa shape index (κ1) is 15.3. The average molecular weight is 292 g/mol. The molecule has 4 nitrogen and oxygen atoms in total. The minimum atomic E-state index is -4.37. The number of nitrogens with one attached hydrogen (secondary N) is 1. The summed E-state index contributed by atoms with van der Waals surface area (Å²) in [6.45, 7) is 0. The van der Waals surface area contributed by atoms with E-state index < -0.39 is 34.8 Å². The fourth-order valence-electron chi connectivity index (χ4n) is 1.35. The van der Waals surface area contributed by atoms with Gasteiger partial charge in [0.1, 0.15) is 6.07 Å². The fourth-order valence-corrected chi connectivity index (χ4v) is 2.49. The number of hydrogen-bond donors (Lipinski definition) is 1. The molecule has 0 fully saturated rings. The first-order valence-electron chi connectivity index (χ1n) is 5.30. The van der Waals surface area contributed by atoms with E-state index in [0.717, 1.165) is 0 Å². The van der Waals surface area contributed by atoms with Crippen molar-refractivity contribution in [2.24, 2.45) is 0 Å². The van der Waals surface area contributed by atoms with Gasteiger partial charge in [0.15, 0.2) is 0 Å². The quantitative estimate of drug-likeness (QED) is 0.907. The normalized spacial score (nSPS) is 11.9. The molecule has 0 aliphatic rings. The Bertz CT molecular complexity index is 576. The maximum atomic E-state index is 11.9. The standard InChI is InChI=1S/C11H11F3N2O2S/c12-11(13,14)6-3-7-19(17,18)16-10-5-2-1-4-9(10)8-15/h1-2,4-5,16H,3,6-7H2. The highest BCUT2D eigenvalue weighted by atomic mass is 32.2. The number of para-hydroxylation sites is 1. The van der Waals surface area contributed by atoms with Gasteiger partial charge in [0.2, 0.25) is 10.0 Å². The summed E-state index contributed by atoms with van der Waals surface area (Å²) >= 11 is 0. The van der Waals surface area contributed by atoms with Gasteiger partial charge in [0, 0.05) is 6.42 Å². The van der Waals surface area contributed by atoms with Crippen molar-refractivity contribution >= 4 is 15.7 Å². The van der Waals surface area contributed by atoms with Gasteiger partial charge in [-0.25, -0.2) is 8.42 Å². The smallest absolute Gasteiger partial charge is 0.282 e. The highest BCUT2D eigenvalue weighted by molar-refractivity contribution is 7.92. The first-order valence-corrected chi connectivity index (χ1v) is 6.95. The molecule has 0 amide bonds. The first-order chi connectivity index (χ1) is 8.73. The molecule has 0 saturated carbocycles. The topological polar surface area (TPSA) is 70.0 Å². The number of nitrogens with zero attached hydrogens (tertiary/aromatic N) is 1. The van der Waals surface area contributed by atoms with Gasteiger partial charge in [-0.3, -0.25) is 4.72 Å². The van der Waals surface area contributed by atoms with E-state index in [-0.39, 0.29) is 11.3 Å². The van der Waals surface area contributed by atoms with E-state index >= 15 is 0 Å². The fraction of sp³-hybridized carbons (Fsp3) is 0.364. The Kier molecular flexibility index (Phi) is 4.78. The van der Waals surface area contributed by atoms with Crippen LogP contribution >= 0.6 is 0 Å². The summed E-state index contributed by atoms with van der Waals surface area (Å²) in [4.78, 5) is 0. The second kappa shape index (κ2) is 5.93. The number of alkyl halides is 3. The van der Waals surface area contributed by atoms with Gasteiger partial charge in [0.05, 0.1) is 17.0 Å². The summed E-state index contributed by atoms with van der Waals surface area (Å²) in [5.74, 6) is -0.647. The number of nitriles is 1. The summed E-state index contributed by atoms with van der Waals surface area (Å²) in [5.41, 5.74) is 0.180. The molecule has 0 unspecified atom stereocenters. The molecule has 8 heteroatoms. The number of hydrogen-bond acceptors (Lipinski definition) is 3. The molecule has 0 atom stereocenters. The van der Waals surface area contributed by atoms with Crippen LogP contribution in [0.2, 0.25) is 0 Å². The zero-order valence-corrected chi connectivity index (χ0v) is 10.6. The lowest BCUT2D eigenvalue weighted by Gasteiger charge is -2.10. The molecule has 1 N–H and O–H groups in total.